The molecule has 0 aliphatic rings. The van der Waals surface area contributed by atoms with E-state index in [4.69, 9.17) is 0 Å². The van der Waals surface area contributed by atoms with E-state index >= 15 is 0 Å². The highest BCUT2D eigenvalue weighted by Gasteiger charge is 2.06. The fraction of sp³-hybridized carbons (Fsp3) is 0.200. The van der Waals surface area contributed by atoms with Gasteiger partial charge in [0.05, 0.1) is 23.0 Å². The molecule has 0 aliphatic heterocycles. The van der Waals surface area contributed by atoms with Crippen molar-refractivity contribution in [1.82, 2.24) is 15.0 Å². The summed E-state index contributed by atoms with van der Waals surface area (Å²) in [5, 5.41) is 3.65. The van der Waals surface area contributed by atoms with Crippen molar-refractivity contribution in [1.29, 1.82) is 0 Å². The Labute approximate surface area is 96.6 Å². The number of anilines is 2. The number of aryl methyl sites for hydroxylation is 1. The third-order valence-corrected chi connectivity index (χ3v) is 2.86. The van der Waals surface area contributed by atoms with Crippen molar-refractivity contribution in [3.05, 3.63) is 29.2 Å². The SMILES string of the molecule is CC(=O)c1cnc(Nc2cncc(C)n2)s1. The highest BCUT2D eigenvalue weighted by molar-refractivity contribution is 7.17. The second-order valence-electron chi connectivity index (χ2n) is 3.26. The normalized spacial score (nSPS) is 10.1. The largest absolute Gasteiger partial charge is 0.315 e. The zero-order chi connectivity index (χ0) is 11.5. The fourth-order valence-corrected chi connectivity index (χ4v) is 1.85. The van der Waals surface area contributed by atoms with Crippen molar-refractivity contribution in [3.8, 4) is 0 Å². The molecule has 0 spiro atoms. The molecule has 0 aromatic carbocycles. The number of aromatic nitrogens is 3. The summed E-state index contributed by atoms with van der Waals surface area (Å²) in [6, 6.07) is 0. The first-order valence-electron chi connectivity index (χ1n) is 4.67. The molecule has 82 valence electrons. The Hall–Kier alpha value is -1.82. The molecule has 0 radical (unpaired) electrons. The number of carbonyl (C=O) groups is 1. The van der Waals surface area contributed by atoms with E-state index in [9.17, 15) is 4.79 Å². The van der Waals surface area contributed by atoms with Crippen LogP contribution >= 0.6 is 11.3 Å². The molecule has 0 saturated carbocycles. The number of Topliss-reactive ketones (excluding diaryl/α,β-unsaturated/α-hetero) is 1. The van der Waals surface area contributed by atoms with Gasteiger partial charge in [-0.25, -0.2) is 9.97 Å². The van der Waals surface area contributed by atoms with Crippen LogP contribution < -0.4 is 5.32 Å². The van der Waals surface area contributed by atoms with Crippen molar-refractivity contribution in [3.63, 3.8) is 0 Å². The third-order valence-electron chi connectivity index (χ3n) is 1.84. The minimum absolute atomic E-state index is 0.0147. The first-order chi connectivity index (χ1) is 7.65. The van der Waals surface area contributed by atoms with Gasteiger partial charge in [-0.15, -0.1) is 0 Å². The molecule has 0 saturated heterocycles. The van der Waals surface area contributed by atoms with Gasteiger partial charge >= 0.3 is 0 Å². The van der Waals surface area contributed by atoms with Gasteiger partial charge in [-0.1, -0.05) is 11.3 Å². The Balaban J connectivity index is 2.17. The second kappa shape index (κ2) is 4.36. The highest BCUT2D eigenvalue weighted by Crippen LogP contribution is 2.21. The first kappa shape index (κ1) is 10.7. The average molecular weight is 234 g/mol. The summed E-state index contributed by atoms with van der Waals surface area (Å²) in [5.41, 5.74) is 0.827. The van der Waals surface area contributed by atoms with E-state index in [0.29, 0.717) is 15.8 Å². The zero-order valence-corrected chi connectivity index (χ0v) is 9.71. The maximum atomic E-state index is 11.1. The third kappa shape index (κ3) is 2.40. The minimum Gasteiger partial charge on any atom is -0.315 e. The average Bonchev–Trinajstić information content (AvgIpc) is 2.66. The molecule has 2 aromatic heterocycles. The van der Waals surface area contributed by atoms with Gasteiger partial charge in [0, 0.05) is 13.1 Å². The van der Waals surface area contributed by atoms with Crippen LogP contribution in [0.5, 0.6) is 0 Å². The molecule has 0 amide bonds. The van der Waals surface area contributed by atoms with Crippen LogP contribution in [0.3, 0.4) is 0 Å². The summed E-state index contributed by atoms with van der Waals surface area (Å²) in [6.07, 6.45) is 4.84. The van der Waals surface area contributed by atoms with E-state index in [-0.39, 0.29) is 5.78 Å². The number of carbonyl (C=O) groups excluding carboxylic acids is 1. The van der Waals surface area contributed by atoms with E-state index < -0.39 is 0 Å². The Morgan fingerprint density at radius 3 is 2.81 bits per heavy atom. The van der Waals surface area contributed by atoms with Crippen molar-refractivity contribution >= 4 is 28.1 Å². The summed E-state index contributed by atoms with van der Waals surface area (Å²) in [5.74, 6) is 0.644. The lowest BCUT2D eigenvalue weighted by molar-refractivity contribution is 0.102. The molecule has 0 fully saturated rings. The van der Waals surface area contributed by atoms with E-state index in [1.54, 1.807) is 18.6 Å². The summed E-state index contributed by atoms with van der Waals surface area (Å²) >= 11 is 1.30. The fourth-order valence-electron chi connectivity index (χ4n) is 1.13. The second-order valence-corrected chi connectivity index (χ2v) is 4.29. The lowest BCUT2D eigenvalue weighted by Crippen LogP contribution is -1.94. The molecular weight excluding hydrogens is 224 g/mol. The van der Waals surface area contributed by atoms with Crippen molar-refractivity contribution < 1.29 is 4.79 Å². The summed E-state index contributed by atoms with van der Waals surface area (Å²) < 4.78 is 0. The molecular formula is C10H10N4OS. The molecule has 1 N–H and O–H groups in total. The lowest BCUT2D eigenvalue weighted by atomic mass is 10.4. The monoisotopic (exact) mass is 234 g/mol. The molecule has 0 atom stereocenters. The van der Waals surface area contributed by atoms with Gasteiger partial charge in [0.1, 0.15) is 0 Å². The van der Waals surface area contributed by atoms with Crippen LogP contribution in [0, 0.1) is 6.92 Å². The molecule has 0 unspecified atom stereocenters. The number of hydrogen-bond acceptors (Lipinski definition) is 6. The standard InChI is InChI=1S/C10H10N4OS/c1-6-3-11-5-9(13-6)14-10-12-4-8(16-10)7(2)15/h3-5H,1-2H3,(H,12,13,14). The number of thiazole rings is 1. The van der Waals surface area contributed by atoms with Gasteiger partial charge in [-0.2, -0.15) is 0 Å². The smallest absolute Gasteiger partial charge is 0.189 e. The van der Waals surface area contributed by atoms with Gasteiger partial charge in [0.2, 0.25) is 0 Å². The number of ketones is 1. The van der Waals surface area contributed by atoms with Gasteiger partial charge in [-0.3, -0.25) is 9.78 Å². The van der Waals surface area contributed by atoms with Gasteiger partial charge in [-0.05, 0) is 6.92 Å². The maximum Gasteiger partial charge on any atom is 0.189 e. The van der Waals surface area contributed by atoms with E-state index in [2.05, 4.69) is 20.3 Å². The molecule has 5 nitrogen and oxygen atoms in total. The molecule has 2 heterocycles. The van der Waals surface area contributed by atoms with Crippen LogP contribution in [-0.2, 0) is 0 Å². The maximum absolute atomic E-state index is 11.1. The van der Waals surface area contributed by atoms with Crippen LogP contribution in [-0.4, -0.2) is 20.7 Å². The van der Waals surface area contributed by atoms with Crippen LogP contribution in [0.15, 0.2) is 18.6 Å². The zero-order valence-electron chi connectivity index (χ0n) is 8.89. The minimum atomic E-state index is 0.0147. The number of hydrogen-bond donors (Lipinski definition) is 1. The molecule has 2 aromatic rings. The Bertz CT molecular complexity index is 523. The summed E-state index contributed by atoms with van der Waals surface area (Å²) in [7, 11) is 0. The van der Waals surface area contributed by atoms with Gasteiger partial charge in [0.25, 0.3) is 0 Å². The predicted octanol–water partition coefficient (Wildman–Crippen LogP) is 2.19. The first-order valence-corrected chi connectivity index (χ1v) is 5.49. The van der Waals surface area contributed by atoms with Crippen molar-refractivity contribution in [2.24, 2.45) is 0 Å². The van der Waals surface area contributed by atoms with Crippen molar-refractivity contribution in [2.75, 3.05) is 5.32 Å². The van der Waals surface area contributed by atoms with Crippen LogP contribution in [0.25, 0.3) is 0 Å². The van der Waals surface area contributed by atoms with E-state index in [1.807, 2.05) is 6.92 Å². The van der Waals surface area contributed by atoms with Gasteiger partial charge in [0.15, 0.2) is 16.7 Å². The number of nitrogens with one attached hydrogen (secondary N) is 1. The van der Waals surface area contributed by atoms with Crippen LogP contribution in [0.1, 0.15) is 22.3 Å². The Morgan fingerprint density at radius 2 is 2.19 bits per heavy atom. The van der Waals surface area contributed by atoms with Crippen LogP contribution in [0.4, 0.5) is 10.9 Å². The van der Waals surface area contributed by atoms with Gasteiger partial charge < -0.3 is 5.32 Å². The highest BCUT2D eigenvalue weighted by atomic mass is 32.1. The lowest BCUT2D eigenvalue weighted by Gasteiger charge is -2.00. The number of nitrogens with zero attached hydrogens (tertiary/aromatic N) is 3. The Morgan fingerprint density at radius 1 is 1.38 bits per heavy atom. The van der Waals surface area contributed by atoms with E-state index in [1.165, 1.54) is 18.3 Å². The van der Waals surface area contributed by atoms with Crippen LogP contribution in [0.2, 0.25) is 0 Å². The molecule has 6 heteroatoms. The molecule has 0 bridgehead atoms. The Kier molecular flexibility index (Phi) is 2.91. The molecule has 16 heavy (non-hydrogen) atoms. The molecule has 2 rings (SSSR count). The van der Waals surface area contributed by atoms with E-state index in [0.717, 1.165) is 5.69 Å². The number of rotatable bonds is 3. The topological polar surface area (TPSA) is 67.8 Å². The predicted molar refractivity (Wildman–Crippen MR) is 62.2 cm³/mol. The summed E-state index contributed by atoms with van der Waals surface area (Å²) in [4.78, 5) is 24.0. The molecule has 0 aliphatic carbocycles. The summed E-state index contributed by atoms with van der Waals surface area (Å²) in [6.45, 7) is 3.38. The van der Waals surface area contributed by atoms with Crippen molar-refractivity contribution in [2.45, 2.75) is 13.8 Å². The quantitative estimate of drug-likeness (QED) is 0.824.